The Bertz CT molecular complexity index is 571. The number of carbonyl (C=O) groups excluding carboxylic acids is 1. The van der Waals surface area contributed by atoms with Gasteiger partial charge in [0.05, 0.1) is 0 Å². The Balaban J connectivity index is 1.69. The highest BCUT2D eigenvalue weighted by atomic mass is 16.1. The number of rotatable bonds is 8. The Morgan fingerprint density at radius 2 is 2.05 bits per heavy atom. The second-order valence-electron chi connectivity index (χ2n) is 6.10. The summed E-state index contributed by atoms with van der Waals surface area (Å²) in [4.78, 5) is 15.1. The van der Waals surface area contributed by atoms with Crippen molar-refractivity contribution in [2.75, 3.05) is 6.54 Å². The van der Waals surface area contributed by atoms with Crippen molar-refractivity contribution in [3.05, 3.63) is 36.0 Å². The maximum absolute atomic E-state index is 11.9. The number of nitrogens with one attached hydrogen (secondary N) is 2. The van der Waals surface area contributed by atoms with Crippen LogP contribution in [0.1, 0.15) is 45.1 Å². The lowest BCUT2D eigenvalue weighted by atomic mass is 10.1. The average molecular weight is 286 g/mol. The van der Waals surface area contributed by atoms with Gasteiger partial charge < -0.3 is 10.3 Å². The summed E-state index contributed by atoms with van der Waals surface area (Å²) in [6.07, 6.45) is 6.89. The summed E-state index contributed by atoms with van der Waals surface area (Å²) in [5.41, 5.74) is 2.36. The monoisotopic (exact) mass is 286 g/mol. The Morgan fingerprint density at radius 1 is 1.24 bits per heavy atom. The molecule has 0 saturated heterocycles. The molecule has 0 aliphatic rings. The van der Waals surface area contributed by atoms with E-state index in [0.717, 1.165) is 30.8 Å². The average Bonchev–Trinajstić information content (AvgIpc) is 2.87. The molecule has 1 aromatic carbocycles. The molecule has 2 aromatic rings. The molecule has 0 aliphatic carbocycles. The quantitative estimate of drug-likeness (QED) is 0.707. The van der Waals surface area contributed by atoms with Crippen LogP contribution in [0.25, 0.3) is 10.9 Å². The molecule has 0 aliphatic heterocycles. The number of carbonyl (C=O) groups is 1. The van der Waals surface area contributed by atoms with E-state index in [9.17, 15) is 4.79 Å². The number of amides is 1. The summed E-state index contributed by atoms with van der Waals surface area (Å²) in [6.45, 7) is 5.28. The Labute approximate surface area is 127 Å². The smallest absolute Gasteiger partial charge is 0.220 e. The Kier molecular flexibility index (Phi) is 5.85. The van der Waals surface area contributed by atoms with Crippen LogP contribution in [0.3, 0.4) is 0 Å². The van der Waals surface area contributed by atoms with Crippen LogP contribution in [-0.4, -0.2) is 17.4 Å². The van der Waals surface area contributed by atoms with E-state index in [-0.39, 0.29) is 5.91 Å². The van der Waals surface area contributed by atoms with Gasteiger partial charge in [0.2, 0.25) is 5.91 Å². The highest BCUT2D eigenvalue weighted by Gasteiger charge is 2.06. The first kappa shape index (κ1) is 15.6. The van der Waals surface area contributed by atoms with Gasteiger partial charge in [-0.15, -0.1) is 0 Å². The van der Waals surface area contributed by atoms with Gasteiger partial charge in [-0.3, -0.25) is 4.79 Å². The van der Waals surface area contributed by atoms with E-state index in [1.54, 1.807) is 0 Å². The fourth-order valence-corrected chi connectivity index (χ4v) is 2.58. The third-order valence-corrected chi connectivity index (χ3v) is 3.83. The van der Waals surface area contributed by atoms with E-state index in [2.05, 4.69) is 36.3 Å². The van der Waals surface area contributed by atoms with Crippen LogP contribution in [0.5, 0.6) is 0 Å². The van der Waals surface area contributed by atoms with E-state index in [0.29, 0.717) is 6.42 Å². The summed E-state index contributed by atoms with van der Waals surface area (Å²) < 4.78 is 0. The Hall–Kier alpha value is -1.77. The van der Waals surface area contributed by atoms with Crippen molar-refractivity contribution >= 4 is 16.8 Å². The van der Waals surface area contributed by atoms with Gasteiger partial charge in [-0.05, 0) is 30.4 Å². The fraction of sp³-hybridized carbons (Fsp3) is 0.500. The topological polar surface area (TPSA) is 44.9 Å². The third-order valence-electron chi connectivity index (χ3n) is 3.83. The molecule has 2 N–H and O–H groups in total. The second-order valence-corrected chi connectivity index (χ2v) is 6.10. The minimum Gasteiger partial charge on any atom is -0.361 e. The molecule has 3 nitrogen and oxygen atoms in total. The minimum absolute atomic E-state index is 0.157. The lowest BCUT2D eigenvalue weighted by molar-refractivity contribution is -0.121. The molecule has 0 radical (unpaired) electrons. The van der Waals surface area contributed by atoms with Crippen molar-refractivity contribution in [1.29, 1.82) is 0 Å². The van der Waals surface area contributed by atoms with Gasteiger partial charge in [-0.25, -0.2) is 0 Å². The van der Waals surface area contributed by atoms with Crippen LogP contribution < -0.4 is 5.32 Å². The molecule has 21 heavy (non-hydrogen) atoms. The van der Waals surface area contributed by atoms with Gasteiger partial charge >= 0.3 is 0 Å². The second kappa shape index (κ2) is 7.87. The third kappa shape index (κ3) is 4.92. The number of aryl methyl sites for hydroxylation is 1. The number of fused-ring (bicyclic) bond motifs is 1. The highest BCUT2D eigenvalue weighted by Crippen LogP contribution is 2.18. The number of unbranched alkanes of at least 4 members (excludes halogenated alkanes) is 1. The molecule has 1 aromatic heterocycles. The van der Waals surface area contributed by atoms with Gasteiger partial charge in [-0.2, -0.15) is 0 Å². The number of aromatic amines is 1. The maximum atomic E-state index is 11.9. The van der Waals surface area contributed by atoms with Gasteiger partial charge in [0.15, 0.2) is 0 Å². The van der Waals surface area contributed by atoms with Crippen molar-refractivity contribution in [3.8, 4) is 0 Å². The molecular weight excluding hydrogens is 260 g/mol. The first-order valence-corrected chi connectivity index (χ1v) is 7.98. The number of hydrogen-bond donors (Lipinski definition) is 2. The van der Waals surface area contributed by atoms with Gasteiger partial charge in [0.25, 0.3) is 0 Å². The van der Waals surface area contributed by atoms with Crippen LogP contribution in [0.15, 0.2) is 30.5 Å². The predicted octanol–water partition coefficient (Wildman–Crippen LogP) is 4.04. The summed E-state index contributed by atoms with van der Waals surface area (Å²) in [5, 5.41) is 4.24. The van der Waals surface area contributed by atoms with Gasteiger partial charge in [0.1, 0.15) is 0 Å². The minimum atomic E-state index is 0.157. The molecule has 1 heterocycles. The number of hydrogen-bond acceptors (Lipinski definition) is 1. The fourth-order valence-electron chi connectivity index (χ4n) is 2.58. The normalized spacial score (nSPS) is 11.2. The molecule has 0 saturated carbocycles. The largest absolute Gasteiger partial charge is 0.361 e. The zero-order chi connectivity index (χ0) is 15.1. The summed E-state index contributed by atoms with van der Waals surface area (Å²) in [6, 6.07) is 8.22. The number of H-pyrrole nitrogens is 1. The SMILES string of the molecule is CC(C)CCCCNC(=O)CCc1c[nH]c2ccccc12. The first-order chi connectivity index (χ1) is 10.2. The highest BCUT2D eigenvalue weighted by molar-refractivity contribution is 5.84. The molecule has 0 bridgehead atoms. The lowest BCUT2D eigenvalue weighted by Crippen LogP contribution is -2.24. The van der Waals surface area contributed by atoms with Crippen LogP contribution in [0.2, 0.25) is 0 Å². The summed E-state index contributed by atoms with van der Waals surface area (Å²) >= 11 is 0. The molecule has 0 spiro atoms. The Morgan fingerprint density at radius 3 is 2.86 bits per heavy atom. The first-order valence-electron chi connectivity index (χ1n) is 7.98. The molecule has 0 unspecified atom stereocenters. The molecule has 1 amide bonds. The molecule has 0 atom stereocenters. The number of benzene rings is 1. The van der Waals surface area contributed by atoms with Crippen LogP contribution in [0, 0.1) is 5.92 Å². The predicted molar refractivity (Wildman–Crippen MR) is 88.3 cm³/mol. The maximum Gasteiger partial charge on any atom is 0.220 e. The van der Waals surface area contributed by atoms with Crippen molar-refractivity contribution in [2.24, 2.45) is 5.92 Å². The van der Waals surface area contributed by atoms with Crippen molar-refractivity contribution in [2.45, 2.75) is 46.0 Å². The molecule has 3 heteroatoms. The lowest BCUT2D eigenvalue weighted by Gasteiger charge is -2.06. The summed E-state index contributed by atoms with van der Waals surface area (Å²) in [7, 11) is 0. The molecule has 114 valence electrons. The molecule has 2 rings (SSSR count). The van der Waals surface area contributed by atoms with Crippen LogP contribution in [-0.2, 0) is 11.2 Å². The van der Waals surface area contributed by atoms with Crippen molar-refractivity contribution in [1.82, 2.24) is 10.3 Å². The van der Waals surface area contributed by atoms with Crippen molar-refractivity contribution in [3.63, 3.8) is 0 Å². The standard InChI is InChI=1S/C18H26N2O/c1-14(2)7-5-6-12-19-18(21)11-10-15-13-20-17-9-4-3-8-16(15)17/h3-4,8-9,13-14,20H,5-7,10-12H2,1-2H3,(H,19,21). The number of para-hydroxylation sites is 1. The zero-order valence-electron chi connectivity index (χ0n) is 13.1. The van der Waals surface area contributed by atoms with E-state index in [4.69, 9.17) is 0 Å². The van der Waals surface area contributed by atoms with E-state index in [1.807, 2.05) is 18.3 Å². The van der Waals surface area contributed by atoms with Crippen LogP contribution >= 0.6 is 0 Å². The van der Waals surface area contributed by atoms with Crippen LogP contribution in [0.4, 0.5) is 0 Å². The van der Waals surface area contributed by atoms with Gasteiger partial charge in [0, 0.05) is 30.1 Å². The summed E-state index contributed by atoms with van der Waals surface area (Å²) in [5.74, 6) is 0.910. The number of aromatic nitrogens is 1. The van der Waals surface area contributed by atoms with E-state index >= 15 is 0 Å². The molecular formula is C18H26N2O. The van der Waals surface area contributed by atoms with E-state index < -0.39 is 0 Å². The molecule has 0 fully saturated rings. The van der Waals surface area contributed by atoms with Gasteiger partial charge in [-0.1, -0.05) is 44.9 Å². The zero-order valence-corrected chi connectivity index (χ0v) is 13.1. The van der Waals surface area contributed by atoms with Crippen molar-refractivity contribution < 1.29 is 4.79 Å². The van der Waals surface area contributed by atoms with E-state index in [1.165, 1.54) is 23.8 Å².